The van der Waals surface area contributed by atoms with Gasteiger partial charge in [0.15, 0.2) is 0 Å². The molecule has 0 radical (unpaired) electrons. The molecular formula is C28H37F2N3O5. The summed E-state index contributed by atoms with van der Waals surface area (Å²) >= 11 is 0. The molecule has 2 fully saturated rings. The molecule has 4 atom stereocenters. The first-order chi connectivity index (χ1) is 18.1. The monoisotopic (exact) mass is 533 g/mol. The van der Waals surface area contributed by atoms with E-state index in [2.05, 4.69) is 0 Å². The Hall–Kier alpha value is -2.75. The third kappa shape index (κ3) is 4.99. The van der Waals surface area contributed by atoms with Gasteiger partial charge in [-0.05, 0) is 76.3 Å². The van der Waals surface area contributed by atoms with Crippen LogP contribution in [0.5, 0.6) is 0 Å². The van der Waals surface area contributed by atoms with Gasteiger partial charge in [0.2, 0.25) is 5.92 Å². The summed E-state index contributed by atoms with van der Waals surface area (Å²) in [7, 11) is 1.36. The summed E-state index contributed by atoms with van der Waals surface area (Å²) in [5.74, 6) is -3.48. The number of anilines is 1. The molecule has 3 aliphatic rings. The first-order valence-electron chi connectivity index (χ1n) is 13.8. The van der Waals surface area contributed by atoms with Gasteiger partial charge in [-0.25, -0.2) is 18.6 Å². The van der Waals surface area contributed by atoms with Crippen LogP contribution in [0.1, 0.15) is 94.7 Å². The van der Waals surface area contributed by atoms with Gasteiger partial charge < -0.3 is 19.5 Å². The van der Waals surface area contributed by atoms with Crippen LogP contribution in [-0.4, -0.2) is 50.9 Å². The number of aromatic nitrogens is 2. The lowest BCUT2D eigenvalue weighted by Crippen LogP contribution is -2.42. The van der Waals surface area contributed by atoms with Crippen LogP contribution in [0.3, 0.4) is 0 Å². The smallest absolute Gasteiger partial charge is 0.414 e. The number of aliphatic hydroxyl groups excluding tert-OH is 1. The molecule has 2 saturated carbocycles. The average molecular weight is 534 g/mol. The molecule has 1 aliphatic heterocycles. The van der Waals surface area contributed by atoms with Crippen LogP contribution < -0.4 is 4.90 Å². The molecule has 2 aromatic rings. The molecule has 0 unspecified atom stereocenters. The zero-order valence-electron chi connectivity index (χ0n) is 22.0. The maximum Gasteiger partial charge on any atom is 0.414 e. The van der Waals surface area contributed by atoms with Crippen molar-refractivity contribution in [2.24, 2.45) is 11.8 Å². The molecule has 10 heteroatoms. The molecule has 1 aromatic carbocycles. The van der Waals surface area contributed by atoms with E-state index >= 15 is 0 Å². The van der Waals surface area contributed by atoms with E-state index in [1.54, 1.807) is 4.90 Å². The minimum absolute atomic E-state index is 0.0272. The molecule has 38 heavy (non-hydrogen) atoms. The summed E-state index contributed by atoms with van der Waals surface area (Å²) in [6.45, 7) is 1.97. The Morgan fingerprint density at radius 2 is 1.92 bits per heavy atom. The maximum atomic E-state index is 13.7. The Morgan fingerprint density at radius 3 is 2.61 bits per heavy atom. The normalized spacial score (nSPS) is 26.7. The quantitative estimate of drug-likeness (QED) is 0.488. The highest BCUT2D eigenvalue weighted by Crippen LogP contribution is 2.44. The Kier molecular flexibility index (Phi) is 7.37. The van der Waals surface area contributed by atoms with Crippen molar-refractivity contribution in [3.05, 3.63) is 23.5 Å². The van der Waals surface area contributed by atoms with E-state index in [1.165, 1.54) is 7.11 Å². The molecule has 0 spiro atoms. The number of aryl methyl sites for hydroxylation is 1. The summed E-state index contributed by atoms with van der Waals surface area (Å²) in [5.41, 5.74) is 3.14. The van der Waals surface area contributed by atoms with Gasteiger partial charge in [0.05, 0.1) is 29.7 Å². The SMILES string of the molecule is COC(=O)N1c2ccc3c(nc([C@@H](O)CC4CCC(F)(F)CC4)n3[C@@H]3CCC[C@@H](C(=O)O)C3)c2CC[C@@H]1C. The highest BCUT2D eigenvalue weighted by atomic mass is 19.3. The maximum absolute atomic E-state index is 13.7. The van der Waals surface area contributed by atoms with E-state index < -0.39 is 30.0 Å². The number of halogens is 2. The minimum Gasteiger partial charge on any atom is -0.481 e. The van der Waals surface area contributed by atoms with Crippen molar-refractivity contribution >= 4 is 28.8 Å². The number of hydrogen-bond acceptors (Lipinski definition) is 5. The first-order valence-corrected chi connectivity index (χ1v) is 13.8. The zero-order chi connectivity index (χ0) is 27.2. The van der Waals surface area contributed by atoms with E-state index in [0.29, 0.717) is 49.9 Å². The zero-order valence-corrected chi connectivity index (χ0v) is 22.0. The summed E-state index contributed by atoms with van der Waals surface area (Å²) < 4.78 is 34.5. The number of rotatable bonds is 5. The third-order valence-corrected chi connectivity index (χ3v) is 8.91. The Labute approximate surface area is 221 Å². The van der Waals surface area contributed by atoms with Gasteiger partial charge in [-0.2, -0.15) is 0 Å². The second-order valence-electron chi connectivity index (χ2n) is 11.4. The summed E-state index contributed by atoms with van der Waals surface area (Å²) in [4.78, 5) is 31.0. The highest BCUT2D eigenvalue weighted by Gasteiger charge is 2.38. The molecule has 1 aromatic heterocycles. The number of aliphatic carboxylic acids is 1. The number of amides is 1. The molecule has 2 aliphatic carbocycles. The number of imidazole rings is 1. The average Bonchev–Trinajstić information content (AvgIpc) is 3.29. The largest absolute Gasteiger partial charge is 0.481 e. The fraction of sp³-hybridized carbons (Fsp3) is 0.679. The van der Waals surface area contributed by atoms with Crippen molar-refractivity contribution in [3.8, 4) is 0 Å². The molecule has 5 rings (SSSR count). The van der Waals surface area contributed by atoms with E-state index in [0.717, 1.165) is 36.0 Å². The van der Waals surface area contributed by atoms with E-state index in [4.69, 9.17) is 9.72 Å². The van der Waals surface area contributed by atoms with Gasteiger partial charge in [0, 0.05) is 30.5 Å². The lowest BCUT2D eigenvalue weighted by molar-refractivity contribution is -0.143. The van der Waals surface area contributed by atoms with Crippen LogP contribution in [0.2, 0.25) is 0 Å². The molecule has 0 bridgehead atoms. The number of nitrogens with zero attached hydrogens (tertiary/aromatic N) is 3. The predicted octanol–water partition coefficient (Wildman–Crippen LogP) is 6.01. The van der Waals surface area contributed by atoms with Gasteiger partial charge in [0.1, 0.15) is 11.9 Å². The van der Waals surface area contributed by atoms with Crippen LogP contribution >= 0.6 is 0 Å². The van der Waals surface area contributed by atoms with Crippen molar-refractivity contribution in [2.75, 3.05) is 12.0 Å². The topological polar surface area (TPSA) is 105 Å². The van der Waals surface area contributed by atoms with Crippen LogP contribution in [-0.2, 0) is 16.0 Å². The van der Waals surface area contributed by atoms with Gasteiger partial charge in [-0.3, -0.25) is 9.69 Å². The number of carboxylic acid groups (broad SMARTS) is 1. The lowest BCUT2D eigenvalue weighted by Gasteiger charge is -2.34. The summed E-state index contributed by atoms with van der Waals surface area (Å²) in [6.07, 6.45) is 3.33. The molecule has 2 heterocycles. The first kappa shape index (κ1) is 26.8. The predicted molar refractivity (Wildman–Crippen MR) is 138 cm³/mol. The molecule has 1 amide bonds. The van der Waals surface area contributed by atoms with Gasteiger partial charge >= 0.3 is 12.1 Å². The summed E-state index contributed by atoms with van der Waals surface area (Å²) in [6, 6.07) is 3.60. The number of carboxylic acids is 1. The van der Waals surface area contributed by atoms with Crippen molar-refractivity contribution < 1.29 is 33.3 Å². The van der Waals surface area contributed by atoms with Crippen molar-refractivity contribution in [3.63, 3.8) is 0 Å². The second-order valence-corrected chi connectivity index (χ2v) is 11.4. The lowest BCUT2D eigenvalue weighted by atomic mass is 9.83. The number of alkyl halides is 2. The Bertz CT molecular complexity index is 1200. The number of methoxy groups -OCH3 is 1. The van der Waals surface area contributed by atoms with Crippen molar-refractivity contribution in [2.45, 2.75) is 102 Å². The number of benzene rings is 1. The van der Waals surface area contributed by atoms with E-state index in [-0.39, 0.29) is 30.8 Å². The Balaban J connectivity index is 1.56. The second kappa shape index (κ2) is 10.4. The number of hydrogen-bond donors (Lipinski definition) is 2. The highest BCUT2D eigenvalue weighted by molar-refractivity contribution is 5.95. The number of carbonyl (C=O) groups is 2. The standard InChI is InChI=1S/C28H37F2N3O5/c1-16-6-7-20-21(32(16)27(37)38-2)8-9-22-24(20)31-25(23(34)14-17-10-12-28(29,30)13-11-17)33(22)19-5-3-4-18(15-19)26(35)36/h8-9,16-19,23,34H,3-7,10-15H2,1-2H3,(H,35,36)/t16-,18+,19+,23-/m0/s1. The van der Waals surface area contributed by atoms with E-state index in [9.17, 15) is 28.6 Å². The molecular weight excluding hydrogens is 496 g/mol. The van der Waals surface area contributed by atoms with Crippen LogP contribution in [0, 0.1) is 11.8 Å². The Morgan fingerprint density at radius 1 is 1.18 bits per heavy atom. The van der Waals surface area contributed by atoms with Gasteiger partial charge in [0.25, 0.3) is 0 Å². The van der Waals surface area contributed by atoms with E-state index in [1.807, 2.05) is 23.6 Å². The molecule has 8 nitrogen and oxygen atoms in total. The van der Waals surface area contributed by atoms with Crippen molar-refractivity contribution in [1.82, 2.24) is 9.55 Å². The third-order valence-electron chi connectivity index (χ3n) is 8.91. The number of fused-ring (bicyclic) bond motifs is 3. The van der Waals surface area contributed by atoms with Crippen LogP contribution in [0.15, 0.2) is 12.1 Å². The molecule has 2 N–H and O–H groups in total. The number of aliphatic hydroxyl groups is 1. The fourth-order valence-corrected chi connectivity index (χ4v) is 6.79. The van der Waals surface area contributed by atoms with Crippen molar-refractivity contribution in [1.29, 1.82) is 0 Å². The molecule has 208 valence electrons. The van der Waals surface area contributed by atoms with Gasteiger partial charge in [-0.1, -0.05) is 6.42 Å². The molecule has 0 saturated heterocycles. The van der Waals surface area contributed by atoms with Crippen LogP contribution in [0.4, 0.5) is 19.3 Å². The van der Waals surface area contributed by atoms with Crippen LogP contribution in [0.25, 0.3) is 11.0 Å². The number of ether oxygens (including phenoxy) is 1. The minimum atomic E-state index is -2.63. The number of carbonyl (C=O) groups excluding carboxylic acids is 1. The van der Waals surface area contributed by atoms with Gasteiger partial charge in [-0.15, -0.1) is 0 Å². The fourth-order valence-electron chi connectivity index (χ4n) is 6.79. The summed E-state index contributed by atoms with van der Waals surface area (Å²) in [5, 5.41) is 21.1.